The number of nitrogens with zero attached hydrogens (tertiary/aromatic N) is 3. The Balaban J connectivity index is 1.45. The second kappa shape index (κ2) is 5.95. The van der Waals surface area contributed by atoms with Gasteiger partial charge in [0.05, 0.1) is 11.4 Å². The highest BCUT2D eigenvalue weighted by molar-refractivity contribution is 7.13. The number of rotatable bonds is 4. The van der Waals surface area contributed by atoms with Crippen molar-refractivity contribution in [2.24, 2.45) is 0 Å². The minimum Gasteiger partial charge on any atom is -0.419 e. The number of hydrogen-bond donors (Lipinski definition) is 0. The first-order chi connectivity index (χ1) is 10.8. The van der Waals surface area contributed by atoms with Crippen molar-refractivity contribution in [3.63, 3.8) is 0 Å². The maximum absolute atomic E-state index is 5.81. The van der Waals surface area contributed by atoms with Crippen molar-refractivity contribution in [2.45, 2.75) is 31.8 Å². The maximum Gasteiger partial charge on any atom is 0.257 e. The van der Waals surface area contributed by atoms with E-state index in [0.717, 1.165) is 18.0 Å². The first-order valence-corrected chi connectivity index (χ1v) is 9.24. The van der Waals surface area contributed by atoms with Gasteiger partial charge in [0.1, 0.15) is 0 Å². The second-order valence-corrected chi connectivity index (χ2v) is 7.47. The van der Waals surface area contributed by atoms with E-state index in [2.05, 4.69) is 38.8 Å². The van der Waals surface area contributed by atoms with Gasteiger partial charge in [-0.2, -0.15) is 11.3 Å². The molecule has 3 aromatic rings. The number of aromatic nitrogens is 2. The van der Waals surface area contributed by atoms with Gasteiger partial charge in [-0.25, -0.2) is 0 Å². The first-order valence-electron chi connectivity index (χ1n) is 7.42. The van der Waals surface area contributed by atoms with Crippen LogP contribution in [0.4, 0.5) is 0 Å². The summed E-state index contributed by atoms with van der Waals surface area (Å²) in [5.74, 6) is 1.97. The molecular weight excluding hydrogens is 314 g/mol. The van der Waals surface area contributed by atoms with E-state index in [1.165, 1.54) is 12.0 Å². The highest BCUT2D eigenvalue weighted by atomic mass is 32.1. The zero-order valence-corrected chi connectivity index (χ0v) is 13.9. The van der Waals surface area contributed by atoms with Crippen molar-refractivity contribution in [1.29, 1.82) is 0 Å². The van der Waals surface area contributed by atoms with Gasteiger partial charge in [0.2, 0.25) is 5.89 Å². The summed E-state index contributed by atoms with van der Waals surface area (Å²) >= 11 is 3.40. The Morgan fingerprint density at radius 2 is 2.27 bits per heavy atom. The van der Waals surface area contributed by atoms with Crippen molar-refractivity contribution in [3.05, 3.63) is 45.8 Å². The maximum atomic E-state index is 5.81. The Kier molecular flexibility index (Phi) is 3.82. The molecule has 3 aromatic heterocycles. The molecule has 0 radical (unpaired) electrons. The number of likely N-dealkylation sites (tertiary alicyclic amines) is 1. The molecule has 0 saturated carbocycles. The van der Waals surface area contributed by atoms with E-state index in [0.29, 0.717) is 23.7 Å². The largest absolute Gasteiger partial charge is 0.419 e. The summed E-state index contributed by atoms with van der Waals surface area (Å²) in [6, 6.07) is 6.79. The van der Waals surface area contributed by atoms with Gasteiger partial charge in [0.25, 0.3) is 5.89 Å². The molecule has 0 aliphatic carbocycles. The monoisotopic (exact) mass is 331 g/mol. The Labute approximate surface area is 137 Å². The summed E-state index contributed by atoms with van der Waals surface area (Å²) in [6.45, 7) is 4.08. The van der Waals surface area contributed by atoms with Gasteiger partial charge in [0.15, 0.2) is 0 Å². The summed E-state index contributed by atoms with van der Waals surface area (Å²) in [5.41, 5.74) is 1.46. The van der Waals surface area contributed by atoms with Gasteiger partial charge in [-0.3, -0.25) is 4.90 Å². The molecule has 22 heavy (non-hydrogen) atoms. The van der Waals surface area contributed by atoms with Crippen molar-refractivity contribution in [3.8, 4) is 10.8 Å². The van der Waals surface area contributed by atoms with Gasteiger partial charge in [-0.15, -0.1) is 21.5 Å². The van der Waals surface area contributed by atoms with Gasteiger partial charge in [0, 0.05) is 12.6 Å². The van der Waals surface area contributed by atoms with Crippen molar-refractivity contribution < 1.29 is 4.42 Å². The van der Waals surface area contributed by atoms with Crippen LogP contribution in [0.15, 0.2) is 38.8 Å². The fourth-order valence-electron chi connectivity index (χ4n) is 3.06. The predicted molar refractivity (Wildman–Crippen MR) is 89.2 cm³/mol. The molecule has 4 heterocycles. The molecule has 0 spiro atoms. The molecule has 1 saturated heterocycles. The predicted octanol–water partition coefficient (Wildman–Crippen LogP) is 4.24. The molecule has 1 aliphatic rings. The topological polar surface area (TPSA) is 42.2 Å². The molecule has 0 unspecified atom stereocenters. The molecule has 4 nitrogen and oxygen atoms in total. The molecule has 6 heteroatoms. The Hall–Kier alpha value is -1.50. The van der Waals surface area contributed by atoms with Crippen LogP contribution < -0.4 is 0 Å². The van der Waals surface area contributed by atoms with Gasteiger partial charge >= 0.3 is 0 Å². The molecule has 0 amide bonds. The molecule has 1 fully saturated rings. The van der Waals surface area contributed by atoms with Crippen LogP contribution in [0.3, 0.4) is 0 Å². The standard InChI is InChI=1S/C16H17N3OS2/c1-11-7-13(12-4-6-21-10-12)8-19(11)9-15-17-18-16(20-15)14-3-2-5-22-14/h2-6,10-11,13H,7-9H2,1H3/t11-,13+/m0/s1. The summed E-state index contributed by atoms with van der Waals surface area (Å²) in [6.07, 6.45) is 1.20. The molecule has 1 aliphatic heterocycles. The van der Waals surface area contributed by atoms with Crippen LogP contribution in [0, 0.1) is 0 Å². The van der Waals surface area contributed by atoms with Crippen LogP contribution in [0.25, 0.3) is 10.8 Å². The van der Waals surface area contributed by atoms with Gasteiger partial charge < -0.3 is 4.42 Å². The third-order valence-corrected chi connectivity index (χ3v) is 5.81. The fourth-order valence-corrected chi connectivity index (χ4v) is 4.45. The highest BCUT2D eigenvalue weighted by Gasteiger charge is 2.31. The lowest BCUT2D eigenvalue weighted by atomic mass is 10.00. The van der Waals surface area contributed by atoms with E-state index in [1.807, 2.05) is 17.5 Å². The lowest BCUT2D eigenvalue weighted by molar-refractivity contribution is 0.233. The minimum atomic E-state index is 0.544. The lowest BCUT2D eigenvalue weighted by Crippen LogP contribution is -2.26. The van der Waals surface area contributed by atoms with Crippen molar-refractivity contribution >= 4 is 22.7 Å². The Morgan fingerprint density at radius 1 is 1.32 bits per heavy atom. The Bertz CT molecular complexity index is 721. The van der Waals surface area contributed by atoms with Gasteiger partial charge in [-0.05, 0) is 53.1 Å². The van der Waals surface area contributed by atoms with Crippen molar-refractivity contribution in [2.75, 3.05) is 6.54 Å². The van der Waals surface area contributed by atoms with Crippen LogP contribution in [-0.2, 0) is 6.54 Å². The Morgan fingerprint density at radius 3 is 3.05 bits per heavy atom. The number of hydrogen-bond acceptors (Lipinski definition) is 6. The third kappa shape index (κ3) is 2.74. The van der Waals surface area contributed by atoms with E-state index in [4.69, 9.17) is 4.42 Å². The molecule has 0 aromatic carbocycles. The summed E-state index contributed by atoms with van der Waals surface area (Å²) in [4.78, 5) is 3.47. The van der Waals surface area contributed by atoms with Crippen LogP contribution in [0.1, 0.15) is 30.7 Å². The SMILES string of the molecule is C[C@H]1C[C@@H](c2ccsc2)CN1Cc1nnc(-c2cccs2)o1. The van der Waals surface area contributed by atoms with Crippen LogP contribution >= 0.6 is 22.7 Å². The van der Waals surface area contributed by atoms with Crippen molar-refractivity contribution in [1.82, 2.24) is 15.1 Å². The molecule has 4 rings (SSSR count). The van der Waals surface area contributed by atoms with Crippen LogP contribution in [0.2, 0.25) is 0 Å². The van der Waals surface area contributed by atoms with E-state index < -0.39 is 0 Å². The fraction of sp³-hybridized carbons (Fsp3) is 0.375. The molecule has 114 valence electrons. The molecule has 0 bridgehead atoms. The van der Waals surface area contributed by atoms with E-state index in [1.54, 1.807) is 22.7 Å². The molecular formula is C16H17N3OS2. The number of thiophene rings is 2. The minimum absolute atomic E-state index is 0.544. The van der Waals surface area contributed by atoms with Gasteiger partial charge in [-0.1, -0.05) is 6.07 Å². The van der Waals surface area contributed by atoms with Crippen LogP contribution in [-0.4, -0.2) is 27.7 Å². The zero-order valence-electron chi connectivity index (χ0n) is 12.3. The summed E-state index contributed by atoms with van der Waals surface area (Å²) in [5, 5.41) is 14.8. The second-order valence-electron chi connectivity index (χ2n) is 5.75. The lowest BCUT2D eigenvalue weighted by Gasteiger charge is -2.18. The normalized spacial score (nSPS) is 22.4. The third-order valence-electron chi connectivity index (χ3n) is 4.26. The summed E-state index contributed by atoms with van der Waals surface area (Å²) < 4.78 is 5.81. The van der Waals surface area contributed by atoms with E-state index in [-0.39, 0.29) is 0 Å². The zero-order chi connectivity index (χ0) is 14.9. The van der Waals surface area contributed by atoms with E-state index >= 15 is 0 Å². The summed E-state index contributed by atoms with van der Waals surface area (Å²) in [7, 11) is 0. The smallest absolute Gasteiger partial charge is 0.257 e. The van der Waals surface area contributed by atoms with E-state index in [9.17, 15) is 0 Å². The average Bonchev–Trinajstić information content (AvgIpc) is 3.28. The van der Waals surface area contributed by atoms with Crippen LogP contribution in [0.5, 0.6) is 0 Å². The molecule has 2 atom stereocenters. The quantitative estimate of drug-likeness (QED) is 0.717. The molecule has 0 N–H and O–H groups in total. The average molecular weight is 331 g/mol. The highest BCUT2D eigenvalue weighted by Crippen LogP contribution is 2.33. The first kappa shape index (κ1) is 14.1.